The fourth-order valence-corrected chi connectivity index (χ4v) is 1.89. The van der Waals surface area contributed by atoms with Crippen molar-refractivity contribution >= 4 is 9.84 Å². The Kier molecular flexibility index (Phi) is 1.09. The minimum absolute atomic E-state index is 0.0787. The third-order valence-electron chi connectivity index (χ3n) is 1.33. The number of hydrogen-bond donors (Lipinski definition) is 1. The second kappa shape index (κ2) is 1.45. The average Bonchev–Trinajstić information content (AvgIpc) is 2.13. The Morgan fingerprint density at radius 3 is 2.00 bits per heavy atom. The minimum atomic E-state index is -2.80. The smallest absolute Gasteiger partial charge is 0.151 e. The van der Waals surface area contributed by atoms with E-state index in [0.717, 1.165) is 0 Å². The highest BCUT2D eigenvalue weighted by Crippen LogP contribution is 2.25. The second-order valence-electron chi connectivity index (χ2n) is 2.27. The van der Waals surface area contributed by atoms with Crippen LogP contribution in [0.5, 0.6) is 0 Å². The fourth-order valence-electron chi connectivity index (χ4n) is 0.682. The maximum atomic E-state index is 10.5. The SMILES string of the molecule is CS(=O)(=O)[C@@H]1C[C@@H]1N. The fraction of sp³-hybridized carbons (Fsp3) is 1.00. The Morgan fingerprint density at radius 1 is 1.62 bits per heavy atom. The van der Waals surface area contributed by atoms with E-state index in [-0.39, 0.29) is 11.3 Å². The largest absolute Gasteiger partial charge is 0.326 e. The number of hydrogen-bond acceptors (Lipinski definition) is 3. The standard InChI is InChI=1S/C4H9NO2S/c1-8(6,7)4-2-3(4)5/h3-4H,2,5H2,1H3/t3-,4+/m0/s1. The van der Waals surface area contributed by atoms with Crippen molar-refractivity contribution in [3.8, 4) is 0 Å². The first kappa shape index (κ1) is 6.04. The summed E-state index contributed by atoms with van der Waals surface area (Å²) in [5, 5.41) is -0.234. The van der Waals surface area contributed by atoms with Gasteiger partial charge in [0.05, 0.1) is 5.25 Å². The van der Waals surface area contributed by atoms with Crippen LogP contribution in [0.1, 0.15) is 6.42 Å². The highest BCUT2D eigenvalue weighted by Gasteiger charge is 2.41. The van der Waals surface area contributed by atoms with Crippen molar-refractivity contribution in [3.05, 3.63) is 0 Å². The van der Waals surface area contributed by atoms with Crippen LogP contribution in [0.25, 0.3) is 0 Å². The van der Waals surface area contributed by atoms with Crippen LogP contribution in [0.15, 0.2) is 0 Å². The van der Waals surface area contributed by atoms with E-state index >= 15 is 0 Å². The first-order valence-corrected chi connectivity index (χ1v) is 4.42. The number of nitrogens with two attached hydrogens (primary N) is 1. The highest BCUT2D eigenvalue weighted by atomic mass is 32.2. The molecule has 48 valence electrons. The maximum absolute atomic E-state index is 10.5. The summed E-state index contributed by atoms with van der Waals surface area (Å²) in [6, 6.07) is -0.0787. The molecule has 1 fully saturated rings. The quantitative estimate of drug-likeness (QED) is 0.508. The van der Waals surface area contributed by atoms with E-state index in [0.29, 0.717) is 6.42 Å². The van der Waals surface area contributed by atoms with Gasteiger partial charge in [0.2, 0.25) is 0 Å². The van der Waals surface area contributed by atoms with Crippen LogP contribution in [0.3, 0.4) is 0 Å². The molecule has 1 aliphatic carbocycles. The Bertz CT molecular complexity index is 184. The molecule has 0 unspecified atom stereocenters. The lowest BCUT2D eigenvalue weighted by molar-refractivity contribution is 0.600. The van der Waals surface area contributed by atoms with Gasteiger partial charge in [0.25, 0.3) is 0 Å². The molecule has 0 heterocycles. The molecule has 0 aromatic carbocycles. The third kappa shape index (κ3) is 1.00. The van der Waals surface area contributed by atoms with Crippen LogP contribution in [0, 0.1) is 0 Å². The van der Waals surface area contributed by atoms with Gasteiger partial charge in [-0.05, 0) is 6.42 Å². The third-order valence-corrected chi connectivity index (χ3v) is 2.97. The van der Waals surface area contributed by atoms with Gasteiger partial charge < -0.3 is 5.73 Å². The molecule has 8 heavy (non-hydrogen) atoms. The van der Waals surface area contributed by atoms with E-state index in [1.807, 2.05) is 0 Å². The van der Waals surface area contributed by atoms with E-state index in [4.69, 9.17) is 5.73 Å². The zero-order chi connectivity index (χ0) is 6.36. The Morgan fingerprint density at radius 2 is 2.00 bits per heavy atom. The predicted octanol–water partition coefficient (Wildman–Crippen LogP) is -0.869. The van der Waals surface area contributed by atoms with Crippen LogP contribution < -0.4 is 5.73 Å². The van der Waals surface area contributed by atoms with E-state index in [9.17, 15) is 8.42 Å². The maximum Gasteiger partial charge on any atom is 0.151 e. The van der Waals surface area contributed by atoms with Gasteiger partial charge in [0.15, 0.2) is 9.84 Å². The highest BCUT2D eigenvalue weighted by molar-refractivity contribution is 7.91. The van der Waals surface area contributed by atoms with Gasteiger partial charge in [0.1, 0.15) is 0 Å². The molecular formula is C4H9NO2S. The van der Waals surface area contributed by atoms with Crippen LogP contribution in [0.2, 0.25) is 0 Å². The van der Waals surface area contributed by atoms with E-state index < -0.39 is 9.84 Å². The Balaban J connectivity index is 2.66. The van der Waals surface area contributed by atoms with Crippen molar-refractivity contribution < 1.29 is 8.42 Å². The van der Waals surface area contributed by atoms with E-state index in [1.54, 1.807) is 0 Å². The molecule has 3 nitrogen and oxygen atoms in total. The van der Waals surface area contributed by atoms with E-state index in [2.05, 4.69) is 0 Å². The van der Waals surface area contributed by atoms with Crippen molar-refractivity contribution in [1.82, 2.24) is 0 Å². The first-order chi connectivity index (χ1) is 3.52. The summed E-state index contributed by atoms with van der Waals surface area (Å²) in [6.45, 7) is 0. The first-order valence-electron chi connectivity index (χ1n) is 2.46. The topological polar surface area (TPSA) is 60.2 Å². The average molecular weight is 135 g/mol. The molecule has 4 heteroatoms. The van der Waals surface area contributed by atoms with Gasteiger partial charge in [0, 0.05) is 12.3 Å². The van der Waals surface area contributed by atoms with Gasteiger partial charge in [-0.25, -0.2) is 8.42 Å². The Hall–Kier alpha value is -0.0900. The monoisotopic (exact) mass is 135 g/mol. The normalized spacial score (nSPS) is 37.2. The lowest BCUT2D eigenvalue weighted by Crippen LogP contribution is -2.13. The molecule has 0 spiro atoms. The summed E-state index contributed by atoms with van der Waals surface area (Å²) < 4.78 is 21.0. The zero-order valence-corrected chi connectivity index (χ0v) is 5.48. The molecule has 1 aliphatic rings. The summed E-state index contributed by atoms with van der Waals surface area (Å²) in [4.78, 5) is 0. The molecule has 1 saturated carbocycles. The molecule has 0 amide bonds. The van der Waals surface area contributed by atoms with Crippen LogP contribution in [-0.2, 0) is 9.84 Å². The summed E-state index contributed by atoms with van der Waals surface area (Å²) in [5.74, 6) is 0. The van der Waals surface area contributed by atoms with Gasteiger partial charge >= 0.3 is 0 Å². The molecule has 0 saturated heterocycles. The van der Waals surface area contributed by atoms with Crippen molar-refractivity contribution in [3.63, 3.8) is 0 Å². The lowest BCUT2D eigenvalue weighted by Gasteiger charge is -1.87. The molecule has 0 radical (unpaired) electrons. The zero-order valence-electron chi connectivity index (χ0n) is 4.66. The summed E-state index contributed by atoms with van der Waals surface area (Å²) in [7, 11) is -2.80. The van der Waals surface area contributed by atoms with Crippen molar-refractivity contribution in [2.24, 2.45) is 5.73 Å². The summed E-state index contributed by atoms with van der Waals surface area (Å²) in [6.07, 6.45) is 1.88. The number of sulfone groups is 1. The van der Waals surface area contributed by atoms with E-state index in [1.165, 1.54) is 6.26 Å². The van der Waals surface area contributed by atoms with Crippen LogP contribution in [0.4, 0.5) is 0 Å². The summed E-state index contributed by atoms with van der Waals surface area (Å²) >= 11 is 0. The minimum Gasteiger partial charge on any atom is -0.326 e. The van der Waals surface area contributed by atoms with Gasteiger partial charge in [-0.15, -0.1) is 0 Å². The molecular weight excluding hydrogens is 126 g/mol. The van der Waals surface area contributed by atoms with Crippen LogP contribution in [-0.4, -0.2) is 26.0 Å². The molecule has 2 N–H and O–H groups in total. The predicted molar refractivity (Wildman–Crippen MR) is 31.2 cm³/mol. The lowest BCUT2D eigenvalue weighted by atomic mass is 10.8. The summed E-state index contributed by atoms with van der Waals surface area (Å²) in [5.41, 5.74) is 5.27. The van der Waals surface area contributed by atoms with Crippen molar-refractivity contribution in [2.75, 3.05) is 6.26 Å². The van der Waals surface area contributed by atoms with Gasteiger partial charge in [-0.2, -0.15) is 0 Å². The van der Waals surface area contributed by atoms with Crippen LogP contribution >= 0.6 is 0 Å². The van der Waals surface area contributed by atoms with Gasteiger partial charge in [-0.3, -0.25) is 0 Å². The van der Waals surface area contributed by atoms with Crippen molar-refractivity contribution in [1.29, 1.82) is 0 Å². The molecule has 1 rings (SSSR count). The van der Waals surface area contributed by atoms with Gasteiger partial charge in [-0.1, -0.05) is 0 Å². The number of rotatable bonds is 1. The molecule has 0 bridgehead atoms. The molecule has 0 aromatic heterocycles. The molecule has 0 aliphatic heterocycles. The second-order valence-corrected chi connectivity index (χ2v) is 4.53. The Labute approximate surface area is 48.8 Å². The molecule has 0 aromatic rings. The molecule has 2 atom stereocenters. The van der Waals surface area contributed by atoms with Crippen molar-refractivity contribution in [2.45, 2.75) is 17.7 Å².